The highest BCUT2D eigenvalue weighted by molar-refractivity contribution is 7.10. The summed E-state index contributed by atoms with van der Waals surface area (Å²) in [5.74, 6) is -1.82. The molecular formula is C10H9N3O4S. The monoisotopic (exact) mass is 267 g/mol. The molecule has 94 valence electrons. The second-order valence-corrected chi connectivity index (χ2v) is 4.40. The lowest BCUT2D eigenvalue weighted by atomic mass is 10.2. The van der Waals surface area contributed by atoms with Crippen LogP contribution >= 0.6 is 11.3 Å². The van der Waals surface area contributed by atoms with Gasteiger partial charge in [-0.3, -0.25) is 4.79 Å². The Balaban J connectivity index is 2.18. The summed E-state index contributed by atoms with van der Waals surface area (Å²) in [7, 11) is 0. The summed E-state index contributed by atoms with van der Waals surface area (Å²) < 4.78 is 0. The van der Waals surface area contributed by atoms with Crippen molar-refractivity contribution in [2.45, 2.75) is 6.04 Å². The number of hydrogen-bond acceptors (Lipinski definition) is 4. The van der Waals surface area contributed by atoms with E-state index in [4.69, 9.17) is 5.11 Å². The van der Waals surface area contributed by atoms with Gasteiger partial charge in [0.25, 0.3) is 5.91 Å². The molecule has 0 spiro atoms. The van der Waals surface area contributed by atoms with Gasteiger partial charge in [0, 0.05) is 11.1 Å². The van der Waals surface area contributed by atoms with Gasteiger partial charge in [-0.25, -0.2) is 9.59 Å². The number of thiophene rings is 1. The summed E-state index contributed by atoms with van der Waals surface area (Å²) >= 11 is 1.23. The lowest BCUT2D eigenvalue weighted by Crippen LogP contribution is -2.33. The molecule has 2 aromatic rings. The molecule has 0 fully saturated rings. The highest BCUT2D eigenvalue weighted by Gasteiger charge is 2.24. The van der Waals surface area contributed by atoms with Gasteiger partial charge in [0.2, 0.25) is 0 Å². The number of carboxylic acids is 1. The van der Waals surface area contributed by atoms with Crippen LogP contribution in [0.3, 0.4) is 0 Å². The molecule has 0 aliphatic rings. The zero-order chi connectivity index (χ0) is 13.1. The third-order valence-electron chi connectivity index (χ3n) is 2.19. The van der Waals surface area contributed by atoms with Crippen molar-refractivity contribution in [2.75, 3.05) is 0 Å². The summed E-state index contributed by atoms with van der Waals surface area (Å²) in [6.07, 6.45) is 1.19. The van der Waals surface area contributed by atoms with E-state index >= 15 is 0 Å². The van der Waals surface area contributed by atoms with Gasteiger partial charge >= 0.3 is 11.7 Å². The van der Waals surface area contributed by atoms with Crippen molar-refractivity contribution < 1.29 is 14.7 Å². The maximum atomic E-state index is 11.7. The Morgan fingerprint density at radius 3 is 2.72 bits per heavy atom. The second kappa shape index (κ2) is 4.88. The Morgan fingerprint density at radius 1 is 1.44 bits per heavy atom. The molecule has 1 amide bonds. The average molecular weight is 267 g/mol. The quantitative estimate of drug-likeness (QED) is 0.638. The van der Waals surface area contributed by atoms with Crippen molar-refractivity contribution in [3.8, 4) is 0 Å². The highest BCUT2D eigenvalue weighted by Crippen LogP contribution is 2.19. The minimum Gasteiger partial charge on any atom is -0.479 e. The number of H-pyrrole nitrogens is 2. The molecule has 1 unspecified atom stereocenters. The van der Waals surface area contributed by atoms with Gasteiger partial charge in [-0.15, -0.1) is 11.3 Å². The highest BCUT2D eigenvalue weighted by atomic mass is 32.1. The zero-order valence-electron chi connectivity index (χ0n) is 8.97. The van der Waals surface area contributed by atoms with Crippen molar-refractivity contribution in [2.24, 2.45) is 0 Å². The molecule has 2 aromatic heterocycles. The number of rotatable bonds is 4. The van der Waals surface area contributed by atoms with Crippen LogP contribution in [0.25, 0.3) is 0 Å². The van der Waals surface area contributed by atoms with Crippen LogP contribution in [-0.2, 0) is 4.79 Å². The molecule has 0 saturated carbocycles. The molecular weight excluding hydrogens is 258 g/mol. The Hall–Kier alpha value is -2.35. The largest absolute Gasteiger partial charge is 0.479 e. The fraction of sp³-hybridized carbons (Fsp3) is 0.100. The molecule has 0 aliphatic carbocycles. The third kappa shape index (κ3) is 2.48. The first kappa shape index (κ1) is 12.1. The number of nitrogens with one attached hydrogen (secondary N) is 3. The molecule has 8 heteroatoms. The first-order valence-electron chi connectivity index (χ1n) is 4.92. The second-order valence-electron chi connectivity index (χ2n) is 3.42. The molecule has 7 nitrogen and oxygen atoms in total. The number of carbonyl (C=O) groups is 2. The van der Waals surface area contributed by atoms with Gasteiger partial charge in [-0.1, -0.05) is 6.07 Å². The number of carbonyl (C=O) groups excluding carboxylic acids is 1. The van der Waals surface area contributed by atoms with E-state index in [2.05, 4.69) is 15.3 Å². The van der Waals surface area contributed by atoms with Gasteiger partial charge < -0.3 is 20.4 Å². The molecule has 2 heterocycles. The first-order chi connectivity index (χ1) is 8.58. The number of aliphatic carboxylic acids is 1. The SMILES string of the molecule is O=C(NC(C(=O)O)c1cccs1)c1c[nH]c(=O)[nH]1. The van der Waals surface area contributed by atoms with Crippen molar-refractivity contribution in [1.29, 1.82) is 0 Å². The standard InChI is InChI=1S/C10H9N3O4S/c14-8(5-4-11-10(17)12-5)13-7(9(15)16)6-2-1-3-18-6/h1-4,7H,(H,13,14)(H,15,16)(H2,11,12,17). The Labute approximate surface area is 104 Å². The average Bonchev–Trinajstić information content (AvgIpc) is 2.95. The van der Waals surface area contributed by atoms with Gasteiger partial charge in [-0.05, 0) is 11.4 Å². The van der Waals surface area contributed by atoms with E-state index in [0.717, 1.165) is 0 Å². The Kier molecular flexibility index (Phi) is 3.28. The number of aromatic amines is 2. The van der Waals surface area contributed by atoms with Crippen LogP contribution in [0.1, 0.15) is 21.4 Å². The molecule has 1 atom stereocenters. The minimum atomic E-state index is -1.16. The number of hydrogen-bond donors (Lipinski definition) is 4. The van der Waals surface area contributed by atoms with Crippen LogP contribution in [0.5, 0.6) is 0 Å². The minimum absolute atomic E-state index is 0.0113. The summed E-state index contributed by atoms with van der Waals surface area (Å²) in [6, 6.07) is 2.18. The molecule has 0 aromatic carbocycles. The van der Waals surface area contributed by atoms with E-state index in [1.807, 2.05) is 0 Å². The number of imidazole rings is 1. The number of amides is 1. The van der Waals surface area contributed by atoms with E-state index in [1.165, 1.54) is 17.5 Å². The lowest BCUT2D eigenvalue weighted by molar-refractivity contribution is -0.139. The smallest absolute Gasteiger partial charge is 0.331 e. The van der Waals surface area contributed by atoms with Crippen molar-refractivity contribution >= 4 is 23.2 Å². The van der Waals surface area contributed by atoms with Crippen LogP contribution in [0, 0.1) is 0 Å². The molecule has 0 saturated heterocycles. The normalized spacial score (nSPS) is 12.0. The van der Waals surface area contributed by atoms with E-state index < -0.39 is 23.6 Å². The van der Waals surface area contributed by atoms with Crippen LogP contribution in [0.15, 0.2) is 28.5 Å². The third-order valence-corrected chi connectivity index (χ3v) is 3.13. The van der Waals surface area contributed by atoms with E-state index in [0.29, 0.717) is 4.88 Å². The topological polar surface area (TPSA) is 115 Å². The number of carboxylic acid groups (broad SMARTS) is 1. The van der Waals surface area contributed by atoms with Crippen LogP contribution in [0.2, 0.25) is 0 Å². The molecule has 2 rings (SSSR count). The lowest BCUT2D eigenvalue weighted by Gasteiger charge is -2.11. The first-order valence-corrected chi connectivity index (χ1v) is 5.80. The molecule has 4 N–H and O–H groups in total. The number of aromatic nitrogens is 2. The maximum absolute atomic E-state index is 11.7. The zero-order valence-corrected chi connectivity index (χ0v) is 9.78. The van der Waals surface area contributed by atoms with E-state index in [1.54, 1.807) is 17.5 Å². The van der Waals surface area contributed by atoms with Crippen molar-refractivity contribution in [3.05, 3.63) is 44.8 Å². The summed E-state index contributed by atoms with van der Waals surface area (Å²) in [5, 5.41) is 13.1. The van der Waals surface area contributed by atoms with Gasteiger partial charge in [-0.2, -0.15) is 0 Å². The van der Waals surface area contributed by atoms with E-state index in [-0.39, 0.29) is 5.69 Å². The van der Waals surface area contributed by atoms with Crippen LogP contribution in [-0.4, -0.2) is 27.0 Å². The van der Waals surface area contributed by atoms with Crippen molar-refractivity contribution in [1.82, 2.24) is 15.3 Å². The Morgan fingerprint density at radius 2 is 2.22 bits per heavy atom. The predicted octanol–water partition coefficient (Wildman–Crippen LogP) is 0.320. The summed E-state index contributed by atoms with van der Waals surface area (Å²) in [6.45, 7) is 0. The fourth-order valence-corrected chi connectivity index (χ4v) is 2.14. The summed E-state index contributed by atoms with van der Waals surface area (Å²) in [4.78, 5) is 38.7. The Bertz CT molecular complexity index is 613. The predicted molar refractivity (Wildman–Crippen MR) is 63.6 cm³/mol. The van der Waals surface area contributed by atoms with Gasteiger partial charge in [0.15, 0.2) is 6.04 Å². The van der Waals surface area contributed by atoms with Crippen LogP contribution < -0.4 is 11.0 Å². The maximum Gasteiger partial charge on any atom is 0.331 e. The fourth-order valence-electron chi connectivity index (χ4n) is 1.37. The molecule has 0 aliphatic heterocycles. The van der Waals surface area contributed by atoms with Crippen molar-refractivity contribution in [3.63, 3.8) is 0 Å². The molecule has 18 heavy (non-hydrogen) atoms. The molecule has 0 bridgehead atoms. The molecule has 0 radical (unpaired) electrons. The van der Waals surface area contributed by atoms with Gasteiger partial charge in [0.05, 0.1) is 0 Å². The van der Waals surface area contributed by atoms with Gasteiger partial charge in [0.1, 0.15) is 5.69 Å². The van der Waals surface area contributed by atoms with E-state index in [9.17, 15) is 14.4 Å². The van der Waals surface area contributed by atoms with Crippen LogP contribution in [0.4, 0.5) is 0 Å². The summed E-state index contributed by atoms with van der Waals surface area (Å²) in [5.41, 5.74) is -0.536.